The third-order valence-corrected chi connectivity index (χ3v) is 9.42. The van der Waals surface area contributed by atoms with Gasteiger partial charge >= 0.3 is 5.97 Å². The molecule has 0 bridgehead atoms. The van der Waals surface area contributed by atoms with Crippen LogP contribution in [0, 0.1) is 34.0 Å². The van der Waals surface area contributed by atoms with Gasteiger partial charge in [0.25, 0.3) is 0 Å². The van der Waals surface area contributed by atoms with Crippen LogP contribution < -0.4 is 0 Å². The Kier molecular flexibility index (Phi) is 4.09. The molecule has 0 amide bonds. The molecule has 0 spiro atoms. The lowest BCUT2D eigenvalue weighted by Gasteiger charge is -2.62. The first-order valence-electron chi connectivity index (χ1n) is 10.4. The van der Waals surface area contributed by atoms with Crippen LogP contribution in [0.3, 0.4) is 0 Å². The van der Waals surface area contributed by atoms with Crippen LogP contribution in [0.25, 0.3) is 0 Å². The maximum absolute atomic E-state index is 17.0. The van der Waals surface area contributed by atoms with Gasteiger partial charge < -0.3 is 9.84 Å². The Morgan fingerprint density at radius 3 is 2.61 bits per heavy atom. The minimum Gasteiger partial charge on any atom is -0.469 e. The number of fused-ring (bicyclic) bond motifs is 5. The normalized spacial score (nSPS) is 52.4. The highest BCUT2D eigenvalue weighted by atomic mass is 19.1. The maximum atomic E-state index is 17.0. The van der Waals surface area contributed by atoms with Crippen LogP contribution >= 0.6 is 0 Å². The van der Waals surface area contributed by atoms with Crippen LogP contribution in [0.5, 0.6) is 0 Å². The molecule has 0 radical (unpaired) electrons. The van der Waals surface area contributed by atoms with E-state index in [9.17, 15) is 14.7 Å². The number of ketones is 1. The van der Waals surface area contributed by atoms with Crippen LogP contribution in [-0.4, -0.2) is 35.7 Å². The van der Waals surface area contributed by atoms with Crippen LogP contribution in [0.4, 0.5) is 4.39 Å². The summed E-state index contributed by atoms with van der Waals surface area (Å²) in [7, 11) is 1.40. The first kappa shape index (κ1) is 19.8. The lowest BCUT2D eigenvalue weighted by molar-refractivity contribution is -0.210. The summed E-state index contributed by atoms with van der Waals surface area (Å²) in [5.74, 6) is -0.732. The number of alkyl halides is 1. The smallest absolute Gasteiger partial charge is 0.312 e. The average molecular weight is 390 g/mol. The van der Waals surface area contributed by atoms with Crippen molar-refractivity contribution in [3.63, 3.8) is 0 Å². The number of rotatable bonds is 1. The van der Waals surface area contributed by atoms with Gasteiger partial charge in [0.15, 0.2) is 11.5 Å². The second-order valence-electron chi connectivity index (χ2n) is 10.1. The van der Waals surface area contributed by atoms with Gasteiger partial charge in [-0.3, -0.25) is 9.59 Å². The van der Waals surface area contributed by atoms with E-state index in [1.807, 2.05) is 27.7 Å². The Balaban J connectivity index is 1.84. The van der Waals surface area contributed by atoms with Gasteiger partial charge in [-0.2, -0.15) is 0 Å². The summed E-state index contributed by atoms with van der Waals surface area (Å²) >= 11 is 0. The van der Waals surface area contributed by atoms with E-state index in [1.54, 1.807) is 12.2 Å². The Hall–Kier alpha value is -1.49. The van der Waals surface area contributed by atoms with Crippen LogP contribution in [0.1, 0.15) is 53.4 Å². The summed E-state index contributed by atoms with van der Waals surface area (Å²) in [5.41, 5.74) is -3.35. The number of hydrogen-bond acceptors (Lipinski definition) is 4. The van der Waals surface area contributed by atoms with Crippen LogP contribution in [-0.2, 0) is 14.3 Å². The van der Waals surface area contributed by atoms with E-state index in [0.717, 1.165) is 12.0 Å². The van der Waals surface area contributed by atoms with E-state index in [0.29, 0.717) is 12.8 Å². The number of carbonyl (C=O) groups excluding carboxylic acids is 2. The van der Waals surface area contributed by atoms with Crippen molar-refractivity contribution >= 4 is 11.8 Å². The molecule has 0 saturated heterocycles. The zero-order chi connectivity index (χ0) is 20.7. The molecule has 0 aliphatic heterocycles. The third-order valence-electron chi connectivity index (χ3n) is 9.42. The first-order valence-corrected chi connectivity index (χ1v) is 10.4. The predicted molar refractivity (Wildman–Crippen MR) is 103 cm³/mol. The largest absolute Gasteiger partial charge is 0.469 e. The van der Waals surface area contributed by atoms with Crippen molar-refractivity contribution in [2.24, 2.45) is 34.0 Å². The Labute approximate surface area is 166 Å². The molecule has 2 unspecified atom stereocenters. The Morgan fingerprint density at radius 2 is 1.96 bits per heavy atom. The highest BCUT2D eigenvalue weighted by Crippen LogP contribution is 2.72. The standard InChI is InChI=1S/C23H31FO4/c1-13-10-17-16-7-6-14-11-15(25)8-9-20(14,2)23(16,24)18(26)12-21(17,3)22(13,4)19(27)28-5/h8-9,11,13,16-18,26H,6-7,10,12H2,1-5H3/t13-,16?,17?,18+,20+,21+,22-,23+/m1/s1. The molecule has 3 fully saturated rings. The molecule has 4 nitrogen and oxygen atoms in total. The van der Waals surface area contributed by atoms with Crippen LogP contribution in [0.2, 0.25) is 0 Å². The van der Waals surface area contributed by atoms with Gasteiger partial charge in [-0.1, -0.05) is 25.5 Å². The summed E-state index contributed by atoms with van der Waals surface area (Å²) in [4.78, 5) is 24.7. The molecule has 0 aromatic carbocycles. The Morgan fingerprint density at radius 1 is 1.29 bits per heavy atom. The number of esters is 1. The molecule has 4 aliphatic carbocycles. The topological polar surface area (TPSA) is 63.6 Å². The number of aliphatic hydroxyl groups excluding tert-OH is 1. The summed E-state index contributed by atoms with van der Waals surface area (Å²) in [6.45, 7) is 7.82. The van der Waals surface area contributed by atoms with Gasteiger partial charge in [0.2, 0.25) is 0 Å². The zero-order valence-electron chi connectivity index (χ0n) is 17.4. The molecule has 5 heteroatoms. The van der Waals surface area contributed by atoms with Gasteiger partial charge in [-0.25, -0.2) is 4.39 Å². The van der Waals surface area contributed by atoms with E-state index < -0.39 is 28.0 Å². The minimum absolute atomic E-state index is 0.0237. The van der Waals surface area contributed by atoms with Crippen molar-refractivity contribution in [2.75, 3.05) is 7.11 Å². The van der Waals surface area contributed by atoms with Crippen LogP contribution in [0.15, 0.2) is 23.8 Å². The van der Waals surface area contributed by atoms with E-state index in [1.165, 1.54) is 13.2 Å². The number of aliphatic hydroxyl groups is 1. The van der Waals surface area contributed by atoms with E-state index >= 15 is 4.39 Å². The SMILES string of the molecule is COC(=O)[C@@]1(C)[C@H](C)CC2C3CCC4=CC(=O)C=C[C@]4(C)[C@@]3(F)[C@@H](O)C[C@@]21C. The molecular weight excluding hydrogens is 359 g/mol. The lowest BCUT2D eigenvalue weighted by Crippen LogP contribution is -2.67. The van der Waals surface area contributed by atoms with E-state index in [-0.39, 0.29) is 35.9 Å². The molecule has 0 aromatic rings. The summed E-state index contributed by atoms with van der Waals surface area (Å²) < 4.78 is 22.1. The van der Waals surface area contributed by atoms with Gasteiger partial charge in [0.1, 0.15) is 0 Å². The van der Waals surface area contributed by atoms with Crippen molar-refractivity contribution in [2.45, 2.75) is 65.2 Å². The quantitative estimate of drug-likeness (QED) is 0.692. The number of ether oxygens (including phenoxy) is 1. The minimum atomic E-state index is -1.85. The highest BCUT2D eigenvalue weighted by molar-refractivity contribution is 6.01. The predicted octanol–water partition coefficient (Wildman–Crippen LogP) is 3.78. The molecule has 3 saturated carbocycles. The zero-order valence-corrected chi connectivity index (χ0v) is 17.4. The molecule has 8 atom stereocenters. The molecule has 0 heterocycles. The molecule has 4 aliphatic rings. The molecule has 0 aromatic heterocycles. The third kappa shape index (κ3) is 1.99. The van der Waals surface area contributed by atoms with Gasteiger partial charge in [0.05, 0.1) is 18.6 Å². The molecule has 1 N–H and O–H groups in total. The number of allylic oxidation sites excluding steroid dienone is 4. The van der Waals surface area contributed by atoms with Gasteiger partial charge in [-0.15, -0.1) is 0 Å². The number of halogens is 1. The van der Waals surface area contributed by atoms with Crippen molar-refractivity contribution < 1.29 is 23.8 Å². The lowest BCUT2D eigenvalue weighted by atomic mass is 9.43. The van der Waals surface area contributed by atoms with Crippen molar-refractivity contribution in [1.29, 1.82) is 0 Å². The second kappa shape index (κ2) is 5.78. The monoisotopic (exact) mass is 390 g/mol. The number of methoxy groups -OCH3 is 1. The van der Waals surface area contributed by atoms with Gasteiger partial charge in [0, 0.05) is 11.3 Å². The summed E-state index contributed by atoms with van der Waals surface area (Å²) in [6.07, 6.45) is 5.62. The molecule has 4 rings (SSSR count). The maximum Gasteiger partial charge on any atom is 0.312 e. The van der Waals surface area contributed by atoms with Crippen molar-refractivity contribution in [3.05, 3.63) is 23.8 Å². The fraction of sp³-hybridized carbons (Fsp3) is 0.739. The average Bonchev–Trinajstić information content (AvgIpc) is 2.84. The Bertz CT molecular complexity index is 802. The van der Waals surface area contributed by atoms with Crippen molar-refractivity contribution in [1.82, 2.24) is 0 Å². The van der Waals surface area contributed by atoms with Gasteiger partial charge in [-0.05, 0) is 68.9 Å². The first-order chi connectivity index (χ1) is 13.0. The molecule has 28 heavy (non-hydrogen) atoms. The summed E-state index contributed by atoms with van der Waals surface area (Å²) in [6, 6.07) is 0. The summed E-state index contributed by atoms with van der Waals surface area (Å²) in [5, 5.41) is 11.2. The molecular formula is C23H31FO4. The molecule has 154 valence electrons. The highest BCUT2D eigenvalue weighted by Gasteiger charge is 2.74. The van der Waals surface area contributed by atoms with E-state index in [2.05, 4.69) is 0 Å². The van der Waals surface area contributed by atoms with E-state index in [4.69, 9.17) is 4.74 Å². The fourth-order valence-corrected chi connectivity index (χ4v) is 7.42. The second-order valence-corrected chi connectivity index (χ2v) is 10.1. The fourth-order valence-electron chi connectivity index (χ4n) is 7.42. The number of carbonyl (C=O) groups is 2. The van der Waals surface area contributed by atoms with Crippen molar-refractivity contribution in [3.8, 4) is 0 Å². The number of hydrogen-bond donors (Lipinski definition) is 1.